The molecule has 58 valence electrons. The topological polar surface area (TPSA) is 38.0 Å². The van der Waals surface area contributed by atoms with Crippen LogP contribution in [0.2, 0.25) is 0 Å². The van der Waals surface area contributed by atoms with Crippen LogP contribution in [0.4, 0.5) is 4.39 Å². The Balaban J connectivity index is 2.30. The molecule has 0 aromatic rings. The lowest BCUT2D eigenvalue weighted by molar-refractivity contribution is 0.133. The fourth-order valence-corrected chi connectivity index (χ4v) is 2.15. The van der Waals surface area contributed by atoms with E-state index >= 15 is 0 Å². The summed E-state index contributed by atoms with van der Waals surface area (Å²) in [5, 5.41) is 3.01. The van der Waals surface area contributed by atoms with Crippen LogP contribution in [0.25, 0.3) is 0 Å². The molecule has 1 saturated heterocycles. The Hall–Kier alpha value is -0.150. The molecule has 1 heterocycles. The van der Waals surface area contributed by atoms with E-state index in [0.29, 0.717) is 19.5 Å². The van der Waals surface area contributed by atoms with Gasteiger partial charge in [0, 0.05) is 13.1 Å². The summed E-state index contributed by atoms with van der Waals surface area (Å²) >= 11 is 0. The number of nitrogens with one attached hydrogen (secondary N) is 1. The van der Waals surface area contributed by atoms with Crippen LogP contribution in [-0.4, -0.2) is 24.3 Å². The van der Waals surface area contributed by atoms with Gasteiger partial charge in [-0.1, -0.05) is 0 Å². The molecule has 1 aliphatic carbocycles. The van der Waals surface area contributed by atoms with Gasteiger partial charge in [-0.05, 0) is 19.3 Å². The molecule has 2 atom stereocenters. The maximum atomic E-state index is 13.7. The highest BCUT2D eigenvalue weighted by Crippen LogP contribution is 2.42. The van der Waals surface area contributed by atoms with Crippen molar-refractivity contribution in [1.82, 2.24) is 5.32 Å². The van der Waals surface area contributed by atoms with E-state index in [-0.39, 0.29) is 0 Å². The van der Waals surface area contributed by atoms with E-state index in [4.69, 9.17) is 5.73 Å². The summed E-state index contributed by atoms with van der Waals surface area (Å²) in [4.78, 5) is 0. The highest BCUT2D eigenvalue weighted by Gasteiger charge is 2.56. The Morgan fingerprint density at radius 2 is 2.10 bits per heavy atom. The molecule has 0 radical (unpaired) electrons. The minimum Gasteiger partial charge on any atom is -0.321 e. The van der Waals surface area contributed by atoms with Crippen LogP contribution in [0.5, 0.6) is 0 Å². The molecule has 0 aromatic carbocycles. The molecular weight excluding hydrogens is 131 g/mol. The van der Waals surface area contributed by atoms with E-state index in [1.165, 1.54) is 0 Å². The van der Waals surface area contributed by atoms with Crippen LogP contribution in [-0.2, 0) is 0 Å². The van der Waals surface area contributed by atoms with Crippen molar-refractivity contribution in [2.24, 2.45) is 5.73 Å². The molecule has 2 rings (SSSR count). The van der Waals surface area contributed by atoms with Crippen molar-refractivity contribution in [2.75, 3.05) is 13.1 Å². The van der Waals surface area contributed by atoms with E-state index in [0.717, 1.165) is 12.8 Å². The fraction of sp³-hybridized carbons (Fsp3) is 1.00. The van der Waals surface area contributed by atoms with Crippen molar-refractivity contribution in [2.45, 2.75) is 30.5 Å². The quantitative estimate of drug-likeness (QED) is 0.509. The third kappa shape index (κ3) is 0.596. The van der Waals surface area contributed by atoms with E-state index in [1.54, 1.807) is 0 Å². The van der Waals surface area contributed by atoms with Gasteiger partial charge in [-0.25, -0.2) is 4.39 Å². The van der Waals surface area contributed by atoms with Crippen LogP contribution in [0.3, 0.4) is 0 Å². The van der Waals surface area contributed by atoms with Crippen LogP contribution in [0, 0.1) is 0 Å². The fourth-order valence-electron chi connectivity index (χ4n) is 2.15. The molecule has 3 heteroatoms. The lowest BCUT2D eigenvalue weighted by atomic mass is 9.89. The Morgan fingerprint density at radius 1 is 1.30 bits per heavy atom. The summed E-state index contributed by atoms with van der Waals surface area (Å²) in [6, 6.07) is 0. The molecule has 3 N–H and O–H groups in total. The molecule has 2 fully saturated rings. The minimum absolute atomic E-state index is 0.462. The predicted octanol–water partition coefficient (Wildman–Crippen LogP) is 0.179. The second-order valence-electron chi connectivity index (χ2n) is 3.58. The lowest BCUT2D eigenvalue weighted by Crippen LogP contribution is -2.53. The Kier molecular flexibility index (Phi) is 1.12. The summed E-state index contributed by atoms with van der Waals surface area (Å²) in [6.07, 6.45) is 2.45. The summed E-state index contributed by atoms with van der Waals surface area (Å²) in [6.45, 7) is 1.12. The van der Waals surface area contributed by atoms with Crippen LogP contribution < -0.4 is 11.1 Å². The van der Waals surface area contributed by atoms with Gasteiger partial charge in [-0.3, -0.25) is 0 Å². The average molecular weight is 144 g/mol. The van der Waals surface area contributed by atoms with Crippen LogP contribution in [0.15, 0.2) is 0 Å². The van der Waals surface area contributed by atoms with Crippen molar-refractivity contribution in [3.63, 3.8) is 0 Å². The van der Waals surface area contributed by atoms with Crippen molar-refractivity contribution in [1.29, 1.82) is 0 Å². The van der Waals surface area contributed by atoms with Gasteiger partial charge in [0.2, 0.25) is 0 Å². The van der Waals surface area contributed by atoms with Gasteiger partial charge in [0.05, 0.1) is 5.54 Å². The molecule has 2 nitrogen and oxygen atoms in total. The second kappa shape index (κ2) is 1.71. The summed E-state index contributed by atoms with van der Waals surface area (Å²) < 4.78 is 13.7. The zero-order chi connectivity index (χ0) is 7.24. The zero-order valence-electron chi connectivity index (χ0n) is 5.99. The first-order valence-corrected chi connectivity index (χ1v) is 3.85. The van der Waals surface area contributed by atoms with E-state index in [1.807, 2.05) is 0 Å². The third-order valence-electron chi connectivity index (χ3n) is 2.93. The number of fused-ring (bicyclic) bond motifs is 1. The molecule has 2 aliphatic rings. The summed E-state index contributed by atoms with van der Waals surface area (Å²) in [5.74, 6) is 0. The van der Waals surface area contributed by atoms with Gasteiger partial charge < -0.3 is 11.1 Å². The molecule has 0 spiro atoms. The lowest BCUT2D eigenvalue weighted by Gasteiger charge is -2.28. The van der Waals surface area contributed by atoms with Crippen LogP contribution in [0.1, 0.15) is 19.3 Å². The van der Waals surface area contributed by atoms with Crippen LogP contribution >= 0.6 is 0 Å². The van der Waals surface area contributed by atoms with Crippen molar-refractivity contribution in [3.05, 3.63) is 0 Å². The Morgan fingerprint density at radius 3 is 2.80 bits per heavy atom. The predicted molar refractivity (Wildman–Crippen MR) is 37.5 cm³/mol. The van der Waals surface area contributed by atoms with Crippen molar-refractivity contribution >= 4 is 0 Å². The number of hydrogen-bond acceptors (Lipinski definition) is 2. The molecule has 1 saturated carbocycles. The molecule has 0 amide bonds. The molecular formula is C7H13FN2. The zero-order valence-corrected chi connectivity index (χ0v) is 5.99. The summed E-state index contributed by atoms with van der Waals surface area (Å²) in [5.41, 5.74) is 4.24. The smallest absolute Gasteiger partial charge is 0.142 e. The molecule has 0 unspecified atom stereocenters. The highest BCUT2D eigenvalue weighted by atomic mass is 19.1. The maximum Gasteiger partial charge on any atom is 0.142 e. The molecule has 0 aromatic heterocycles. The molecule has 10 heavy (non-hydrogen) atoms. The van der Waals surface area contributed by atoms with E-state index in [2.05, 4.69) is 5.32 Å². The molecule has 1 aliphatic heterocycles. The van der Waals surface area contributed by atoms with Crippen molar-refractivity contribution < 1.29 is 4.39 Å². The number of hydrogen-bond donors (Lipinski definition) is 2. The third-order valence-corrected chi connectivity index (χ3v) is 2.93. The number of halogens is 1. The van der Waals surface area contributed by atoms with Gasteiger partial charge >= 0.3 is 0 Å². The van der Waals surface area contributed by atoms with Crippen molar-refractivity contribution in [3.8, 4) is 0 Å². The highest BCUT2D eigenvalue weighted by molar-refractivity contribution is 5.15. The van der Waals surface area contributed by atoms with E-state index < -0.39 is 11.2 Å². The second-order valence-corrected chi connectivity index (χ2v) is 3.58. The first-order chi connectivity index (χ1) is 4.66. The first-order valence-electron chi connectivity index (χ1n) is 3.85. The van der Waals surface area contributed by atoms with Gasteiger partial charge in [-0.15, -0.1) is 0 Å². The normalized spacial score (nSPS) is 53.4. The van der Waals surface area contributed by atoms with Gasteiger partial charge in [0.15, 0.2) is 0 Å². The monoisotopic (exact) mass is 144 g/mol. The van der Waals surface area contributed by atoms with Gasteiger partial charge in [0.25, 0.3) is 0 Å². The Labute approximate surface area is 60.0 Å². The number of rotatable bonds is 0. The largest absolute Gasteiger partial charge is 0.321 e. The first kappa shape index (κ1) is 6.55. The van der Waals surface area contributed by atoms with Gasteiger partial charge in [0.1, 0.15) is 5.67 Å². The van der Waals surface area contributed by atoms with E-state index in [9.17, 15) is 4.39 Å². The Bertz CT molecular complexity index is 132. The number of alkyl halides is 1. The summed E-state index contributed by atoms with van der Waals surface area (Å²) in [7, 11) is 0. The molecule has 0 bridgehead atoms. The number of nitrogens with two attached hydrogens (primary N) is 1. The minimum atomic E-state index is -1.09. The standard InChI is InChI=1S/C7H13FN2/c8-6-2-1-3-7(6,9)5-10-4-6/h10H,1-5,9H2/t6-,7-/m1/s1. The average Bonchev–Trinajstić information content (AvgIpc) is 2.20. The SMILES string of the molecule is N[C@@]12CCC[C@@]1(F)CNC2. The van der Waals surface area contributed by atoms with Gasteiger partial charge in [-0.2, -0.15) is 0 Å². The maximum absolute atomic E-state index is 13.7.